The van der Waals surface area contributed by atoms with Gasteiger partial charge >= 0.3 is 0 Å². The molecule has 0 amide bonds. The summed E-state index contributed by atoms with van der Waals surface area (Å²) < 4.78 is 0. The molecule has 0 aliphatic carbocycles. The molecule has 1 unspecified atom stereocenters. The van der Waals surface area contributed by atoms with E-state index in [4.69, 9.17) is 12.2 Å². The van der Waals surface area contributed by atoms with Crippen LogP contribution in [0.3, 0.4) is 0 Å². The van der Waals surface area contributed by atoms with Crippen LogP contribution in [-0.4, -0.2) is 25.0 Å². The van der Waals surface area contributed by atoms with Gasteiger partial charge in [0.15, 0.2) is 18.4 Å². The summed E-state index contributed by atoms with van der Waals surface area (Å²) in [6, 6.07) is 8.71. The maximum Gasteiger partial charge on any atom is 0.182 e. The summed E-state index contributed by atoms with van der Waals surface area (Å²) in [5, 5.41) is 4.16. The molecule has 1 atom stereocenters. The molecule has 0 radical (unpaired) electrons. The van der Waals surface area contributed by atoms with Crippen molar-refractivity contribution in [2.24, 2.45) is 0 Å². The Bertz CT molecular complexity index is 402. The SMILES string of the molecule is CCC[NH+]1CNC(=S)N(c2ccc(CC)cc2)C1. The predicted octanol–water partition coefficient (Wildman–Crippen LogP) is 1.15. The van der Waals surface area contributed by atoms with E-state index in [0.717, 1.165) is 24.9 Å². The van der Waals surface area contributed by atoms with Crippen molar-refractivity contribution in [2.75, 3.05) is 24.8 Å². The number of hydrogen-bond donors (Lipinski definition) is 2. The molecule has 0 saturated carbocycles. The van der Waals surface area contributed by atoms with E-state index in [2.05, 4.69) is 48.3 Å². The van der Waals surface area contributed by atoms with Crippen molar-refractivity contribution in [1.29, 1.82) is 0 Å². The van der Waals surface area contributed by atoms with Gasteiger partial charge in [-0.15, -0.1) is 0 Å². The highest BCUT2D eigenvalue weighted by Crippen LogP contribution is 2.15. The fourth-order valence-electron chi connectivity index (χ4n) is 2.29. The lowest BCUT2D eigenvalue weighted by molar-refractivity contribution is -0.903. The Morgan fingerprint density at radius 2 is 2.00 bits per heavy atom. The van der Waals surface area contributed by atoms with Gasteiger partial charge in [-0.3, -0.25) is 4.90 Å². The predicted molar refractivity (Wildman–Crippen MR) is 79.9 cm³/mol. The maximum atomic E-state index is 5.41. The van der Waals surface area contributed by atoms with Crippen molar-refractivity contribution in [3.8, 4) is 0 Å². The number of aryl methyl sites for hydroxylation is 1. The summed E-state index contributed by atoms with van der Waals surface area (Å²) in [4.78, 5) is 3.73. The number of nitrogens with one attached hydrogen (secondary N) is 2. The molecule has 0 bridgehead atoms. The number of rotatable bonds is 4. The third-order valence-corrected chi connectivity index (χ3v) is 3.74. The van der Waals surface area contributed by atoms with Gasteiger partial charge in [0.05, 0.1) is 6.54 Å². The fraction of sp³-hybridized carbons (Fsp3) is 0.500. The molecule has 1 heterocycles. The van der Waals surface area contributed by atoms with Gasteiger partial charge in [-0.25, -0.2) is 0 Å². The second-order valence-corrected chi connectivity index (χ2v) is 5.15. The van der Waals surface area contributed by atoms with Crippen LogP contribution in [-0.2, 0) is 6.42 Å². The normalized spacial score (nSPS) is 19.8. The third kappa shape index (κ3) is 3.00. The van der Waals surface area contributed by atoms with Gasteiger partial charge in [-0.1, -0.05) is 26.0 Å². The lowest BCUT2D eigenvalue weighted by atomic mass is 10.1. The molecule has 98 valence electrons. The van der Waals surface area contributed by atoms with Crippen LogP contribution in [0.25, 0.3) is 0 Å². The molecule has 3 nitrogen and oxygen atoms in total. The zero-order chi connectivity index (χ0) is 13.0. The van der Waals surface area contributed by atoms with Crippen LogP contribution in [0.5, 0.6) is 0 Å². The minimum absolute atomic E-state index is 0.846. The van der Waals surface area contributed by atoms with E-state index in [9.17, 15) is 0 Å². The van der Waals surface area contributed by atoms with Crippen LogP contribution in [0.4, 0.5) is 5.69 Å². The minimum Gasteiger partial charge on any atom is -0.315 e. The zero-order valence-corrected chi connectivity index (χ0v) is 12.0. The van der Waals surface area contributed by atoms with Gasteiger partial charge in [-0.05, 0) is 42.8 Å². The highest BCUT2D eigenvalue weighted by Gasteiger charge is 2.23. The quantitative estimate of drug-likeness (QED) is 0.796. The fourth-order valence-corrected chi connectivity index (χ4v) is 2.53. The number of nitrogens with zero attached hydrogens (tertiary/aromatic N) is 1. The molecule has 0 aromatic heterocycles. The lowest BCUT2D eigenvalue weighted by Gasteiger charge is -2.35. The van der Waals surface area contributed by atoms with E-state index in [-0.39, 0.29) is 0 Å². The lowest BCUT2D eigenvalue weighted by Crippen LogP contribution is -3.17. The first-order chi connectivity index (χ1) is 8.74. The summed E-state index contributed by atoms with van der Waals surface area (Å²) in [6.45, 7) is 7.48. The van der Waals surface area contributed by atoms with Gasteiger partial charge in [0, 0.05) is 5.69 Å². The molecule has 1 saturated heterocycles. The standard InChI is InChI=1S/C14H21N3S/c1-3-9-16-10-15-14(18)17(11-16)13-7-5-12(4-2)6-8-13/h5-8H,3-4,9-11H2,1-2H3,(H,15,18)/p+1. The Balaban J connectivity index is 2.11. The Kier molecular flexibility index (Phi) is 4.55. The first kappa shape index (κ1) is 13.3. The van der Waals surface area contributed by atoms with Crippen LogP contribution in [0.15, 0.2) is 24.3 Å². The zero-order valence-electron chi connectivity index (χ0n) is 11.2. The summed E-state index contributed by atoms with van der Waals surface area (Å²) in [6.07, 6.45) is 2.28. The van der Waals surface area contributed by atoms with Crippen LogP contribution in [0, 0.1) is 0 Å². The van der Waals surface area contributed by atoms with Crippen LogP contribution in [0.1, 0.15) is 25.8 Å². The van der Waals surface area contributed by atoms with Crippen molar-refractivity contribution in [3.63, 3.8) is 0 Å². The second kappa shape index (κ2) is 6.16. The van der Waals surface area contributed by atoms with Gasteiger partial charge in [0.1, 0.15) is 0 Å². The number of hydrogen-bond acceptors (Lipinski definition) is 1. The van der Waals surface area contributed by atoms with Crippen molar-refractivity contribution >= 4 is 23.0 Å². The largest absolute Gasteiger partial charge is 0.315 e. The molecule has 0 spiro atoms. The Labute approximate surface area is 115 Å². The first-order valence-corrected chi connectivity index (χ1v) is 7.13. The molecule has 1 aromatic rings. The summed E-state index contributed by atoms with van der Waals surface area (Å²) >= 11 is 5.41. The van der Waals surface area contributed by atoms with E-state index < -0.39 is 0 Å². The average molecular weight is 264 g/mol. The molecular formula is C14H22N3S+. The van der Waals surface area contributed by atoms with Crippen molar-refractivity contribution in [3.05, 3.63) is 29.8 Å². The second-order valence-electron chi connectivity index (χ2n) is 4.76. The van der Waals surface area contributed by atoms with Crippen molar-refractivity contribution in [2.45, 2.75) is 26.7 Å². The molecule has 2 rings (SSSR count). The van der Waals surface area contributed by atoms with Crippen LogP contribution in [0.2, 0.25) is 0 Å². The van der Waals surface area contributed by atoms with Gasteiger partial charge < -0.3 is 10.2 Å². The van der Waals surface area contributed by atoms with E-state index in [1.165, 1.54) is 29.1 Å². The molecule has 18 heavy (non-hydrogen) atoms. The highest BCUT2D eigenvalue weighted by atomic mass is 32.1. The first-order valence-electron chi connectivity index (χ1n) is 6.72. The van der Waals surface area contributed by atoms with E-state index >= 15 is 0 Å². The maximum absolute atomic E-state index is 5.41. The summed E-state index contributed by atoms with van der Waals surface area (Å²) in [5.74, 6) is 0. The molecule has 2 N–H and O–H groups in total. The monoisotopic (exact) mass is 264 g/mol. The highest BCUT2D eigenvalue weighted by molar-refractivity contribution is 7.80. The van der Waals surface area contributed by atoms with Gasteiger partial charge in [-0.2, -0.15) is 0 Å². The molecule has 1 aliphatic rings. The smallest absolute Gasteiger partial charge is 0.182 e. The van der Waals surface area contributed by atoms with Crippen molar-refractivity contribution in [1.82, 2.24) is 5.32 Å². The third-order valence-electron chi connectivity index (χ3n) is 3.38. The van der Waals surface area contributed by atoms with Crippen LogP contribution >= 0.6 is 12.2 Å². The van der Waals surface area contributed by atoms with E-state index in [1.807, 2.05) is 0 Å². The van der Waals surface area contributed by atoms with Crippen molar-refractivity contribution < 1.29 is 4.90 Å². The van der Waals surface area contributed by atoms with E-state index in [0.29, 0.717) is 0 Å². The Morgan fingerprint density at radius 1 is 1.28 bits per heavy atom. The average Bonchev–Trinajstić information content (AvgIpc) is 2.41. The van der Waals surface area contributed by atoms with Gasteiger partial charge in [0.25, 0.3) is 0 Å². The molecule has 1 aliphatic heterocycles. The molecule has 1 fully saturated rings. The number of quaternary nitrogens is 1. The topological polar surface area (TPSA) is 19.7 Å². The van der Waals surface area contributed by atoms with E-state index in [1.54, 1.807) is 0 Å². The number of benzene rings is 1. The Hall–Kier alpha value is -1.13. The summed E-state index contributed by atoms with van der Waals surface area (Å²) in [5.41, 5.74) is 2.56. The van der Waals surface area contributed by atoms with Gasteiger partial charge in [0.2, 0.25) is 0 Å². The number of thiocarbonyl (C=S) groups is 1. The minimum atomic E-state index is 0.846. The molecule has 1 aromatic carbocycles. The molecule has 4 heteroatoms. The van der Waals surface area contributed by atoms with Crippen LogP contribution < -0.4 is 15.1 Å². The summed E-state index contributed by atoms with van der Waals surface area (Å²) in [7, 11) is 0. The molecular weight excluding hydrogens is 242 g/mol. The Morgan fingerprint density at radius 3 is 2.61 bits per heavy atom. The number of anilines is 1.